The molecule has 29 heavy (non-hydrogen) atoms. The highest BCUT2D eigenvalue weighted by Crippen LogP contribution is 2.24. The number of ether oxygens (including phenoxy) is 1. The van der Waals surface area contributed by atoms with Crippen LogP contribution in [0.1, 0.15) is 21.7 Å². The number of nitrogens with zero attached hydrogens (tertiary/aromatic N) is 3. The molecule has 3 aromatic rings. The highest BCUT2D eigenvalue weighted by Gasteiger charge is 2.14. The first kappa shape index (κ1) is 20.9. The Hall–Kier alpha value is -2.84. The summed E-state index contributed by atoms with van der Waals surface area (Å²) < 4.78 is 6.55. The lowest BCUT2D eigenvalue weighted by molar-refractivity contribution is -0.113. The van der Waals surface area contributed by atoms with Gasteiger partial charge >= 0.3 is 5.97 Å². The van der Waals surface area contributed by atoms with E-state index >= 15 is 0 Å². The molecule has 0 atom stereocenters. The number of carbonyl (C=O) groups excluding carboxylic acids is 2. The molecule has 0 spiro atoms. The van der Waals surface area contributed by atoms with E-state index in [0.29, 0.717) is 27.9 Å². The third kappa shape index (κ3) is 5.36. The van der Waals surface area contributed by atoms with Crippen molar-refractivity contribution in [2.24, 2.45) is 7.05 Å². The van der Waals surface area contributed by atoms with Crippen LogP contribution in [0.2, 0.25) is 5.02 Å². The summed E-state index contributed by atoms with van der Waals surface area (Å²) in [4.78, 5) is 24.0. The second-order valence-corrected chi connectivity index (χ2v) is 7.49. The number of halogens is 1. The highest BCUT2D eigenvalue weighted by molar-refractivity contribution is 7.99. The molecule has 1 aromatic heterocycles. The summed E-state index contributed by atoms with van der Waals surface area (Å²) in [5, 5.41) is 12.1. The van der Waals surface area contributed by atoms with Crippen LogP contribution in [0.5, 0.6) is 0 Å². The zero-order chi connectivity index (χ0) is 20.8. The fourth-order valence-corrected chi connectivity index (χ4v) is 3.48. The van der Waals surface area contributed by atoms with Crippen molar-refractivity contribution in [2.45, 2.75) is 11.6 Å². The van der Waals surface area contributed by atoms with Crippen LogP contribution in [0, 0.1) is 0 Å². The van der Waals surface area contributed by atoms with E-state index in [2.05, 4.69) is 20.3 Å². The number of benzene rings is 2. The Labute approximate surface area is 177 Å². The van der Waals surface area contributed by atoms with Gasteiger partial charge in [0, 0.05) is 13.5 Å². The van der Waals surface area contributed by atoms with Gasteiger partial charge in [-0.05, 0) is 23.8 Å². The molecule has 0 aliphatic rings. The smallest absolute Gasteiger partial charge is 0.337 e. The van der Waals surface area contributed by atoms with Gasteiger partial charge in [0.15, 0.2) is 5.16 Å². The SMILES string of the molecule is COC(=O)c1ccc(Cl)c(NC(=O)CSc2nnc(Cc3ccccc3)n2C)c1. The predicted molar refractivity (Wildman–Crippen MR) is 112 cm³/mol. The Kier molecular flexibility index (Phi) is 6.90. The maximum atomic E-state index is 12.3. The quantitative estimate of drug-likeness (QED) is 0.455. The van der Waals surface area contributed by atoms with Gasteiger partial charge in [-0.15, -0.1) is 10.2 Å². The third-order valence-electron chi connectivity index (χ3n) is 4.12. The molecule has 0 aliphatic heterocycles. The minimum absolute atomic E-state index is 0.121. The number of carbonyl (C=O) groups is 2. The first-order valence-corrected chi connectivity index (χ1v) is 10.1. The van der Waals surface area contributed by atoms with Gasteiger partial charge in [-0.1, -0.05) is 53.7 Å². The Morgan fingerprint density at radius 2 is 1.93 bits per heavy atom. The van der Waals surface area contributed by atoms with Crippen LogP contribution in [0.25, 0.3) is 0 Å². The fourth-order valence-electron chi connectivity index (χ4n) is 2.59. The molecule has 1 amide bonds. The second-order valence-electron chi connectivity index (χ2n) is 6.14. The number of methoxy groups -OCH3 is 1. The maximum Gasteiger partial charge on any atom is 0.337 e. The Morgan fingerprint density at radius 3 is 2.66 bits per heavy atom. The molecule has 7 nitrogen and oxygen atoms in total. The summed E-state index contributed by atoms with van der Waals surface area (Å²) in [5.41, 5.74) is 1.79. The molecule has 3 rings (SSSR count). The van der Waals surface area contributed by atoms with E-state index < -0.39 is 5.97 Å². The number of thioether (sulfide) groups is 1. The summed E-state index contributed by atoms with van der Waals surface area (Å²) >= 11 is 7.38. The van der Waals surface area contributed by atoms with Crippen LogP contribution >= 0.6 is 23.4 Å². The zero-order valence-corrected chi connectivity index (χ0v) is 17.5. The van der Waals surface area contributed by atoms with E-state index in [-0.39, 0.29) is 11.7 Å². The summed E-state index contributed by atoms with van der Waals surface area (Å²) in [7, 11) is 3.16. The fraction of sp³-hybridized carbons (Fsp3) is 0.200. The van der Waals surface area contributed by atoms with Gasteiger partial charge in [-0.3, -0.25) is 4.79 Å². The van der Waals surface area contributed by atoms with E-state index in [4.69, 9.17) is 11.6 Å². The third-order valence-corrected chi connectivity index (χ3v) is 5.47. The monoisotopic (exact) mass is 430 g/mol. The summed E-state index contributed by atoms with van der Waals surface area (Å²) in [6.45, 7) is 0. The zero-order valence-electron chi connectivity index (χ0n) is 15.9. The Morgan fingerprint density at radius 1 is 1.17 bits per heavy atom. The topological polar surface area (TPSA) is 86.1 Å². The normalized spacial score (nSPS) is 10.6. The Balaban J connectivity index is 1.61. The summed E-state index contributed by atoms with van der Waals surface area (Å²) in [5.74, 6) is 0.159. The molecule has 0 radical (unpaired) electrons. The van der Waals surface area contributed by atoms with E-state index in [1.807, 2.05) is 41.9 Å². The molecule has 0 saturated carbocycles. The molecule has 1 heterocycles. The first-order chi connectivity index (χ1) is 14.0. The summed E-state index contributed by atoms with van der Waals surface area (Å²) in [6.07, 6.45) is 0.660. The van der Waals surface area contributed by atoms with Gasteiger partial charge in [0.25, 0.3) is 0 Å². The molecule has 0 aliphatic carbocycles. The number of aromatic nitrogens is 3. The number of hydrogen-bond donors (Lipinski definition) is 1. The minimum atomic E-state index is -0.503. The van der Waals surface area contributed by atoms with Gasteiger partial charge in [0.2, 0.25) is 5.91 Å². The van der Waals surface area contributed by atoms with Crippen LogP contribution < -0.4 is 5.32 Å². The molecule has 0 saturated heterocycles. The lowest BCUT2D eigenvalue weighted by atomic mass is 10.1. The predicted octanol–water partition coefficient (Wildman–Crippen LogP) is 3.58. The molecule has 2 aromatic carbocycles. The average molecular weight is 431 g/mol. The van der Waals surface area contributed by atoms with Crippen LogP contribution in [0.3, 0.4) is 0 Å². The number of rotatable bonds is 7. The molecule has 0 unspecified atom stereocenters. The van der Waals surface area contributed by atoms with E-state index in [0.717, 1.165) is 11.4 Å². The van der Waals surface area contributed by atoms with Crippen LogP contribution in [0.15, 0.2) is 53.7 Å². The molecular weight excluding hydrogens is 412 g/mol. The van der Waals surface area contributed by atoms with E-state index in [9.17, 15) is 9.59 Å². The van der Waals surface area contributed by atoms with Crippen molar-refractivity contribution in [3.63, 3.8) is 0 Å². The Bertz CT molecular complexity index is 1020. The molecule has 150 valence electrons. The number of hydrogen-bond acceptors (Lipinski definition) is 6. The highest BCUT2D eigenvalue weighted by atomic mass is 35.5. The van der Waals surface area contributed by atoms with Crippen molar-refractivity contribution >= 4 is 40.9 Å². The molecule has 1 N–H and O–H groups in total. The van der Waals surface area contributed by atoms with E-state index in [1.54, 1.807) is 0 Å². The van der Waals surface area contributed by atoms with Gasteiger partial charge in [-0.2, -0.15) is 0 Å². The molecular formula is C20H19ClN4O3S. The van der Waals surface area contributed by atoms with Crippen molar-refractivity contribution in [3.05, 3.63) is 70.5 Å². The van der Waals surface area contributed by atoms with Gasteiger partial charge in [0.1, 0.15) is 5.82 Å². The minimum Gasteiger partial charge on any atom is -0.465 e. The number of anilines is 1. The van der Waals surface area contributed by atoms with Crippen molar-refractivity contribution in [1.29, 1.82) is 0 Å². The molecule has 9 heteroatoms. The molecule has 0 bridgehead atoms. The average Bonchev–Trinajstić information content (AvgIpc) is 3.07. The maximum absolute atomic E-state index is 12.3. The largest absolute Gasteiger partial charge is 0.465 e. The van der Waals surface area contributed by atoms with Crippen LogP contribution in [-0.4, -0.2) is 39.5 Å². The molecule has 0 fully saturated rings. The number of amides is 1. The van der Waals surface area contributed by atoms with Crippen LogP contribution in [-0.2, 0) is 23.0 Å². The first-order valence-electron chi connectivity index (χ1n) is 8.70. The lowest BCUT2D eigenvalue weighted by Gasteiger charge is -2.09. The van der Waals surface area contributed by atoms with E-state index in [1.165, 1.54) is 37.1 Å². The van der Waals surface area contributed by atoms with Crippen molar-refractivity contribution < 1.29 is 14.3 Å². The van der Waals surface area contributed by atoms with Crippen LogP contribution in [0.4, 0.5) is 5.69 Å². The van der Waals surface area contributed by atoms with Gasteiger partial charge < -0.3 is 14.6 Å². The van der Waals surface area contributed by atoms with Gasteiger partial charge in [-0.25, -0.2) is 4.79 Å². The van der Waals surface area contributed by atoms with Gasteiger partial charge in [0.05, 0.1) is 29.1 Å². The van der Waals surface area contributed by atoms with Crippen molar-refractivity contribution in [3.8, 4) is 0 Å². The lowest BCUT2D eigenvalue weighted by Crippen LogP contribution is -2.15. The van der Waals surface area contributed by atoms with Crippen molar-refractivity contribution in [2.75, 3.05) is 18.2 Å². The standard InChI is InChI=1S/C20H19ClN4O3S/c1-25-17(10-13-6-4-3-5-7-13)23-24-20(25)29-12-18(26)22-16-11-14(19(27)28-2)8-9-15(16)21/h3-9,11H,10,12H2,1-2H3,(H,22,26). The second kappa shape index (κ2) is 9.58. The number of nitrogens with one attached hydrogen (secondary N) is 1. The summed E-state index contributed by atoms with van der Waals surface area (Å²) in [6, 6.07) is 14.5. The number of esters is 1. The van der Waals surface area contributed by atoms with Crippen molar-refractivity contribution in [1.82, 2.24) is 14.8 Å².